The summed E-state index contributed by atoms with van der Waals surface area (Å²) in [5.41, 5.74) is 1.32. The number of hydrogen-bond donors (Lipinski definition) is 0. The first kappa shape index (κ1) is 17.5. The minimum absolute atomic E-state index is 0.118. The Balaban J connectivity index is 1.28. The quantitative estimate of drug-likeness (QED) is 0.800. The number of nitrogens with zero attached hydrogens (tertiary/aromatic N) is 2. The SMILES string of the molecule is O=C(C1CCN(CC2CCS(=O)(=O)CC2)C1)N1CCc2sccc2C1. The van der Waals surface area contributed by atoms with Crippen LogP contribution in [0.25, 0.3) is 0 Å². The van der Waals surface area contributed by atoms with Gasteiger partial charge in [-0.25, -0.2) is 8.42 Å². The summed E-state index contributed by atoms with van der Waals surface area (Å²) in [4.78, 5) is 18.7. The molecule has 138 valence electrons. The Morgan fingerprint density at radius 1 is 1.20 bits per heavy atom. The molecular formula is C18H26N2O3S2. The van der Waals surface area contributed by atoms with Crippen LogP contribution in [0.5, 0.6) is 0 Å². The fraction of sp³-hybridized carbons (Fsp3) is 0.722. The molecule has 4 heterocycles. The average Bonchev–Trinajstić information content (AvgIpc) is 3.24. The van der Waals surface area contributed by atoms with E-state index in [0.29, 0.717) is 23.3 Å². The van der Waals surface area contributed by atoms with Crippen LogP contribution in [0.1, 0.15) is 29.7 Å². The van der Waals surface area contributed by atoms with Crippen molar-refractivity contribution in [2.24, 2.45) is 11.8 Å². The number of likely N-dealkylation sites (tertiary alicyclic amines) is 1. The standard InChI is InChI=1S/C18H26N2O3S2/c21-18(20-7-2-17-15(13-20)3-8-24-17)16-1-6-19(12-16)11-14-4-9-25(22,23)10-5-14/h3,8,14,16H,1-2,4-7,9-13H2. The van der Waals surface area contributed by atoms with Gasteiger partial charge >= 0.3 is 0 Å². The van der Waals surface area contributed by atoms with Gasteiger partial charge in [0, 0.05) is 31.1 Å². The predicted octanol–water partition coefficient (Wildman–Crippen LogP) is 1.78. The van der Waals surface area contributed by atoms with Gasteiger partial charge in [-0.15, -0.1) is 11.3 Å². The minimum Gasteiger partial charge on any atom is -0.338 e. The molecule has 25 heavy (non-hydrogen) atoms. The first-order chi connectivity index (χ1) is 12.0. The summed E-state index contributed by atoms with van der Waals surface area (Å²) in [5.74, 6) is 1.58. The Labute approximate surface area is 153 Å². The van der Waals surface area contributed by atoms with E-state index in [1.807, 2.05) is 4.90 Å². The number of fused-ring (bicyclic) bond motifs is 1. The summed E-state index contributed by atoms with van der Waals surface area (Å²) < 4.78 is 23.1. The molecular weight excluding hydrogens is 356 g/mol. The van der Waals surface area contributed by atoms with Crippen molar-refractivity contribution in [3.05, 3.63) is 21.9 Å². The maximum atomic E-state index is 12.9. The summed E-state index contributed by atoms with van der Waals surface area (Å²) in [6.07, 6.45) is 3.50. The van der Waals surface area contributed by atoms with Gasteiger partial charge in [-0.1, -0.05) is 0 Å². The lowest BCUT2D eigenvalue weighted by Crippen LogP contribution is -2.40. The fourth-order valence-electron chi connectivity index (χ4n) is 4.38. The molecule has 1 amide bonds. The number of amides is 1. The van der Waals surface area contributed by atoms with E-state index in [9.17, 15) is 13.2 Å². The van der Waals surface area contributed by atoms with Crippen LogP contribution in [0.15, 0.2) is 11.4 Å². The van der Waals surface area contributed by atoms with Gasteiger partial charge in [0.25, 0.3) is 0 Å². The second-order valence-electron chi connectivity index (χ2n) is 7.72. The number of rotatable bonds is 3. The molecule has 1 unspecified atom stereocenters. The molecule has 0 aliphatic carbocycles. The maximum absolute atomic E-state index is 12.9. The summed E-state index contributed by atoms with van der Waals surface area (Å²) >= 11 is 1.80. The van der Waals surface area contributed by atoms with Crippen molar-refractivity contribution < 1.29 is 13.2 Å². The smallest absolute Gasteiger partial charge is 0.227 e. The van der Waals surface area contributed by atoms with E-state index in [1.165, 1.54) is 10.4 Å². The van der Waals surface area contributed by atoms with E-state index in [4.69, 9.17) is 0 Å². The summed E-state index contributed by atoms with van der Waals surface area (Å²) in [6.45, 7) is 4.39. The van der Waals surface area contributed by atoms with Crippen molar-refractivity contribution in [1.29, 1.82) is 0 Å². The number of sulfone groups is 1. The lowest BCUT2D eigenvalue weighted by Gasteiger charge is -2.30. The van der Waals surface area contributed by atoms with Crippen molar-refractivity contribution in [2.75, 3.05) is 37.7 Å². The second kappa shape index (κ2) is 7.00. The van der Waals surface area contributed by atoms with E-state index in [2.05, 4.69) is 16.3 Å². The molecule has 0 spiro atoms. The Bertz CT molecular complexity index is 729. The molecule has 5 nitrogen and oxygen atoms in total. The van der Waals surface area contributed by atoms with Crippen LogP contribution in [0.3, 0.4) is 0 Å². The van der Waals surface area contributed by atoms with Crippen LogP contribution in [-0.2, 0) is 27.6 Å². The van der Waals surface area contributed by atoms with Crippen molar-refractivity contribution in [3.63, 3.8) is 0 Å². The third kappa shape index (κ3) is 3.93. The molecule has 0 bridgehead atoms. The average molecular weight is 383 g/mol. The number of hydrogen-bond acceptors (Lipinski definition) is 5. The molecule has 0 aromatic carbocycles. The molecule has 0 N–H and O–H groups in total. The van der Waals surface area contributed by atoms with E-state index >= 15 is 0 Å². The number of thiophene rings is 1. The zero-order valence-electron chi connectivity index (χ0n) is 14.5. The van der Waals surface area contributed by atoms with Crippen molar-refractivity contribution in [3.8, 4) is 0 Å². The van der Waals surface area contributed by atoms with Crippen LogP contribution >= 0.6 is 11.3 Å². The Morgan fingerprint density at radius 2 is 2.00 bits per heavy atom. The van der Waals surface area contributed by atoms with Crippen LogP contribution in [0, 0.1) is 11.8 Å². The monoisotopic (exact) mass is 382 g/mol. The molecule has 1 aromatic rings. The second-order valence-corrected chi connectivity index (χ2v) is 11.0. The van der Waals surface area contributed by atoms with Crippen molar-refractivity contribution in [1.82, 2.24) is 9.80 Å². The van der Waals surface area contributed by atoms with Gasteiger partial charge < -0.3 is 9.80 Å². The zero-order valence-corrected chi connectivity index (χ0v) is 16.2. The summed E-state index contributed by atoms with van der Waals surface area (Å²) in [6, 6.07) is 2.15. The zero-order chi connectivity index (χ0) is 17.4. The first-order valence-corrected chi connectivity index (χ1v) is 12.0. The molecule has 3 aliphatic heterocycles. The maximum Gasteiger partial charge on any atom is 0.227 e. The van der Waals surface area contributed by atoms with Gasteiger partial charge in [-0.3, -0.25) is 4.79 Å². The van der Waals surface area contributed by atoms with Gasteiger partial charge in [0.1, 0.15) is 9.84 Å². The topological polar surface area (TPSA) is 57.7 Å². The number of carbonyl (C=O) groups is 1. The predicted molar refractivity (Wildman–Crippen MR) is 99.4 cm³/mol. The highest BCUT2D eigenvalue weighted by atomic mass is 32.2. The van der Waals surface area contributed by atoms with Crippen molar-refractivity contribution >= 4 is 27.1 Å². The van der Waals surface area contributed by atoms with Gasteiger partial charge in [-0.05, 0) is 55.2 Å². The highest BCUT2D eigenvalue weighted by molar-refractivity contribution is 7.91. The van der Waals surface area contributed by atoms with E-state index in [-0.39, 0.29) is 5.92 Å². The molecule has 0 radical (unpaired) electrons. The van der Waals surface area contributed by atoms with Crippen LogP contribution in [0.2, 0.25) is 0 Å². The normalized spacial score (nSPS) is 27.4. The minimum atomic E-state index is -2.79. The van der Waals surface area contributed by atoms with Gasteiger partial charge in [-0.2, -0.15) is 0 Å². The van der Waals surface area contributed by atoms with E-state index < -0.39 is 9.84 Å². The van der Waals surface area contributed by atoms with E-state index in [0.717, 1.165) is 58.4 Å². The Hall–Kier alpha value is -0.920. The Morgan fingerprint density at radius 3 is 2.80 bits per heavy atom. The lowest BCUT2D eigenvalue weighted by atomic mass is 10.0. The highest BCUT2D eigenvalue weighted by Crippen LogP contribution is 2.28. The van der Waals surface area contributed by atoms with Gasteiger partial charge in [0.05, 0.1) is 17.4 Å². The Kier molecular flexibility index (Phi) is 4.90. The fourth-order valence-corrected chi connectivity index (χ4v) is 6.86. The third-order valence-electron chi connectivity index (χ3n) is 5.93. The van der Waals surface area contributed by atoms with Gasteiger partial charge in [0.15, 0.2) is 0 Å². The van der Waals surface area contributed by atoms with Crippen molar-refractivity contribution in [2.45, 2.75) is 32.2 Å². The molecule has 1 aromatic heterocycles. The molecule has 1 atom stereocenters. The molecule has 2 saturated heterocycles. The molecule has 0 saturated carbocycles. The summed E-state index contributed by atoms with van der Waals surface area (Å²) in [5, 5.41) is 2.13. The van der Waals surface area contributed by atoms with Crippen LogP contribution in [-0.4, -0.2) is 61.8 Å². The number of carbonyl (C=O) groups excluding carboxylic acids is 1. The van der Waals surface area contributed by atoms with E-state index in [1.54, 1.807) is 11.3 Å². The third-order valence-corrected chi connectivity index (χ3v) is 8.67. The largest absolute Gasteiger partial charge is 0.338 e. The summed E-state index contributed by atoms with van der Waals surface area (Å²) in [7, 11) is -2.79. The molecule has 3 aliphatic rings. The highest BCUT2D eigenvalue weighted by Gasteiger charge is 2.34. The van der Waals surface area contributed by atoms with Crippen LogP contribution in [0.4, 0.5) is 0 Å². The first-order valence-electron chi connectivity index (χ1n) is 9.27. The molecule has 2 fully saturated rings. The molecule has 4 rings (SSSR count). The lowest BCUT2D eigenvalue weighted by molar-refractivity contribution is -0.136. The molecule has 7 heteroatoms. The van der Waals surface area contributed by atoms with Gasteiger partial charge in [0.2, 0.25) is 5.91 Å². The van der Waals surface area contributed by atoms with Crippen LogP contribution < -0.4 is 0 Å².